The van der Waals surface area contributed by atoms with Crippen molar-refractivity contribution in [3.8, 4) is 0 Å². The van der Waals surface area contributed by atoms with Crippen LogP contribution >= 0.6 is 11.3 Å². The second-order valence-electron chi connectivity index (χ2n) is 4.09. The summed E-state index contributed by atoms with van der Waals surface area (Å²) in [6, 6.07) is 1.32. The third-order valence-corrected chi connectivity index (χ3v) is 3.83. The number of carbonyl (C=O) groups is 1. The van der Waals surface area contributed by atoms with E-state index in [-0.39, 0.29) is 28.4 Å². The zero-order chi connectivity index (χ0) is 13.6. The summed E-state index contributed by atoms with van der Waals surface area (Å²) in [4.78, 5) is 11.4. The Morgan fingerprint density at radius 1 is 1.56 bits per heavy atom. The van der Waals surface area contributed by atoms with Crippen molar-refractivity contribution < 1.29 is 22.7 Å². The molecule has 4 nitrogen and oxygen atoms in total. The second kappa shape index (κ2) is 4.04. The van der Waals surface area contributed by atoms with E-state index in [0.717, 1.165) is 11.3 Å². The molecule has 0 bridgehead atoms. The average Bonchev–Trinajstić information content (AvgIpc) is 2.96. The molecule has 8 heteroatoms. The topological polar surface area (TPSA) is 64.3 Å². The summed E-state index contributed by atoms with van der Waals surface area (Å²) in [5.74, 6) is -0.651. The van der Waals surface area contributed by atoms with Crippen LogP contribution in [0.2, 0.25) is 0 Å². The lowest BCUT2D eigenvalue weighted by molar-refractivity contribution is -0.151. The smallest absolute Gasteiger partial charge is 0.411 e. The summed E-state index contributed by atoms with van der Waals surface area (Å²) < 4.78 is 42.7. The lowest BCUT2D eigenvalue weighted by Crippen LogP contribution is -2.38. The predicted octanol–water partition coefficient (Wildman–Crippen LogP) is 2.62. The molecule has 1 aliphatic rings. The van der Waals surface area contributed by atoms with E-state index in [1.807, 2.05) is 0 Å². The Labute approximate surface area is 105 Å². The number of hydrogen-bond donors (Lipinski definition) is 2. The fourth-order valence-corrected chi connectivity index (χ4v) is 2.55. The molecule has 0 radical (unpaired) electrons. The highest BCUT2D eigenvalue weighted by Crippen LogP contribution is 2.52. The monoisotopic (exact) mass is 280 g/mol. The summed E-state index contributed by atoms with van der Waals surface area (Å²) in [7, 11) is 1.19. The van der Waals surface area contributed by atoms with E-state index < -0.39 is 17.7 Å². The van der Waals surface area contributed by atoms with Gasteiger partial charge in [-0.1, -0.05) is 0 Å². The predicted molar refractivity (Wildman–Crippen MR) is 61.7 cm³/mol. The van der Waals surface area contributed by atoms with Crippen molar-refractivity contribution in [1.82, 2.24) is 0 Å². The molecule has 0 spiro atoms. The van der Waals surface area contributed by atoms with Gasteiger partial charge < -0.3 is 15.8 Å². The van der Waals surface area contributed by atoms with Gasteiger partial charge in [-0.25, -0.2) is 4.79 Å². The maximum Gasteiger partial charge on any atom is 0.411 e. The molecule has 0 atom stereocenters. The molecule has 1 saturated carbocycles. The van der Waals surface area contributed by atoms with Gasteiger partial charge in [0.15, 0.2) is 0 Å². The van der Waals surface area contributed by atoms with Gasteiger partial charge in [-0.2, -0.15) is 13.2 Å². The largest absolute Gasteiger partial charge is 0.465 e. The molecule has 18 heavy (non-hydrogen) atoms. The molecule has 1 heterocycles. The van der Waals surface area contributed by atoms with Crippen molar-refractivity contribution in [3.63, 3.8) is 0 Å². The molecule has 100 valence electrons. The number of methoxy groups -OCH3 is 1. The minimum atomic E-state index is -4.31. The van der Waals surface area contributed by atoms with Gasteiger partial charge in [0.25, 0.3) is 0 Å². The van der Waals surface area contributed by atoms with Crippen molar-refractivity contribution in [2.75, 3.05) is 18.2 Å². The molecule has 1 aliphatic carbocycles. The number of nitrogens with one attached hydrogen (secondary N) is 1. The summed E-state index contributed by atoms with van der Waals surface area (Å²) >= 11 is 0.865. The van der Waals surface area contributed by atoms with Crippen LogP contribution in [0.15, 0.2) is 6.07 Å². The normalized spacial score (nSPS) is 17.3. The van der Waals surface area contributed by atoms with Crippen molar-refractivity contribution in [1.29, 1.82) is 0 Å². The van der Waals surface area contributed by atoms with Crippen molar-refractivity contribution in [3.05, 3.63) is 10.9 Å². The van der Waals surface area contributed by atoms with E-state index in [1.165, 1.54) is 13.2 Å². The number of rotatable bonds is 3. The van der Waals surface area contributed by atoms with Crippen LogP contribution in [0.1, 0.15) is 22.5 Å². The van der Waals surface area contributed by atoms with Gasteiger partial charge in [-0.05, 0) is 18.9 Å². The molecule has 1 aromatic heterocycles. The zero-order valence-corrected chi connectivity index (χ0v) is 10.2. The van der Waals surface area contributed by atoms with Gasteiger partial charge in [0.1, 0.15) is 10.4 Å². The van der Waals surface area contributed by atoms with Gasteiger partial charge in [-0.3, -0.25) is 0 Å². The van der Waals surface area contributed by atoms with E-state index >= 15 is 0 Å². The molecule has 0 aliphatic heterocycles. The number of nitrogen functional groups attached to an aromatic ring is 1. The van der Waals surface area contributed by atoms with Crippen molar-refractivity contribution in [2.24, 2.45) is 0 Å². The number of hydrogen-bond acceptors (Lipinski definition) is 5. The lowest BCUT2D eigenvalue weighted by Gasteiger charge is -2.20. The molecule has 0 unspecified atom stereocenters. The highest BCUT2D eigenvalue weighted by atomic mass is 32.1. The number of alkyl halides is 3. The van der Waals surface area contributed by atoms with Crippen LogP contribution in [0.5, 0.6) is 0 Å². The first kappa shape index (κ1) is 13.0. The summed E-state index contributed by atoms with van der Waals surface area (Å²) in [5.41, 5.74) is 3.81. The van der Waals surface area contributed by atoms with Crippen LogP contribution < -0.4 is 11.1 Å². The Morgan fingerprint density at radius 2 is 2.17 bits per heavy atom. The SMILES string of the molecule is COC(=O)c1sc(NC2(C(F)(F)F)CC2)cc1N. The van der Waals surface area contributed by atoms with Crippen LogP contribution in [-0.2, 0) is 4.74 Å². The minimum Gasteiger partial charge on any atom is -0.465 e. The first-order valence-electron chi connectivity index (χ1n) is 5.11. The quantitative estimate of drug-likeness (QED) is 0.835. The van der Waals surface area contributed by atoms with Gasteiger partial charge >= 0.3 is 12.1 Å². The molecular formula is C10H11F3N2O2S. The van der Waals surface area contributed by atoms with Gasteiger partial charge in [0.05, 0.1) is 17.8 Å². The second-order valence-corrected chi connectivity index (χ2v) is 5.14. The highest BCUT2D eigenvalue weighted by molar-refractivity contribution is 7.18. The van der Waals surface area contributed by atoms with Gasteiger partial charge in [0.2, 0.25) is 0 Å². The van der Waals surface area contributed by atoms with E-state index in [2.05, 4.69) is 10.1 Å². The fourth-order valence-electron chi connectivity index (χ4n) is 1.56. The molecular weight excluding hydrogens is 269 g/mol. The third-order valence-electron chi connectivity index (χ3n) is 2.79. The maximum atomic E-state index is 12.7. The fraction of sp³-hybridized carbons (Fsp3) is 0.500. The number of anilines is 2. The molecule has 1 aromatic rings. The number of nitrogens with two attached hydrogens (primary N) is 1. The Kier molecular flexibility index (Phi) is 2.92. The number of thiophene rings is 1. The Morgan fingerprint density at radius 3 is 2.61 bits per heavy atom. The Bertz CT molecular complexity index is 480. The Hall–Kier alpha value is -1.44. The van der Waals surface area contributed by atoms with E-state index in [4.69, 9.17) is 5.73 Å². The first-order chi connectivity index (χ1) is 8.29. The Balaban J connectivity index is 2.19. The first-order valence-corrected chi connectivity index (χ1v) is 5.93. The van der Waals surface area contributed by atoms with E-state index in [9.17, 15) is 18.0 Å². The summed E-state index contributed by atoms with van der Waals surface area (Å²) in [5, 5.41) is 2.64. The lowest BCUT2D eigenvalue weighted by atomic mass is 10.2. The van der Waals surface area contributed by atoms with Crippen molar-refractivity contribution >= 4 is 28.0 Å². The van der Waals surface area contributed by atoms with Crippen LogP contribution in [0.25, 0.3) is 0 Å². The van der Waals surface area contributed by atoms with Crippen LogP contribution in [0.4, 0.5) is 23.9 Å². The van der Waals surface area contributed by atoms with E-state index in [0.29, 0.717) is 0 Å². The summed E-state index contributed by atoms with van der Waals surface area (Å²) in [6.45, 7) is 0. The molecule has 2 rings (SSSR count). The van der Waals surface area contributed by atoms with Crippen LogP contribution in [0.3, 0.4) is 0 Å². The summed E-state index contributed by atoms with van der Waals surface area (Å²) in [6.07, 6.45) is -4.25. The molecule has 3 N–H and O–H groups in total. The number of esters is 1. The number of halogens is 3. The van der Waals surface area contributed by atoms with Gasteiger partial charge in [-0.15, -0.1) is 11.3 Å². The maximum absolute atomic E-state index is 12.7. The molecule has 0 amide bonds. The van der Waals surface area contributed by atoms with E-state index in [1.54, 1.807) is 0 Å². The third kappa shape index (κ3) is 2.12. The standard InChI is InChI=1S/C10H11F3N2O2S/c1-17-8(16)7-5(14)4-6(18-7)15-9(2-3-9)10(11,12)13/h4,15H,2-3,14H2,1H3. The molecule has 0 saturated heterocycles. The highest BCUT2D eigenvalue weighted by Gasteiger charge is 2.63. The molecule has 0 aromatic carbocycles. The molecule has 1 fully saturated rings. The van der Waals surface area contributed by atoms with Gasteiger partial charge in [0, 0.05) is 0 Å². The average molecular weight is 280 g/mol. The van der Waals surface area contributed by atoms with Crippen LogP contribution in [0, 0.1) is 0 Å². The number of carbonyl (C=O) groups excluding carboxylic acids is 1. The number of ether oxygens (including phenoxy) is 1. The van der Waals surface area contributed by atoms with Crippen LogP contribution in [-0.4, -0.2) is 24.8 Å². The van der Waals surface area contributed by atoms with Crippen molar-refractivity contribution in [2.45, 2.75) is 24.6 Å². The minimum absolute atomic E-state index is 0.0296. The zero-order valence-electron chi connectivity index (χ0n) is 9.43.